The number of rotatable bonds is 10. The first-order valence-electron chi connectivity index (χ1n) is 10.7. The number of nitrogens with one attached hydrogen (secondary N) is 2. The summed E-state index contributed by atoms with van der Waals surface area (Å²) in [5.41, 5.74) is 4.76. The Kier molecular flexibility index (Phi) is 9.42. The Morgan fingerprint density at radius 3 is 2.50 bits per heavy atom. The van der Waals surface area contributed by atoms with Crippen LogP contribution in [0.4, 0.5) is 0 Å². The van der Waals surface area contributed by atoms with Gasteiger partial charge in [-0.2, -0.15) is 10.4 Å². The number of hydrazone groups is 1. The van der Waals surface area contributed by atoms with Crippen molar-refractivity contribution in [3.8, 4) is 23.3 Å². The lowest BCUT2D eigenvalue weighted by molar-refractivity contribution is -0.120. The van der Waals surface area contributed by atoms with Gasteiger partial charge in [0, 0.05) is 11.1 Å². The monoisotopic (exact) mass is 550 g/mol. The Bertz CT molecular complexity index is 1320. The number of nitrogens with zero attached hydrogens (tertiary/aromatic N) is 2. The number of hydrogen-bond acceptors (Lipinski definition) is 7. The maximum atomic E-state index is 12.3. The van der Waals surface area contributed by atoms with Gasteiger partial charge in [-0.1, -0.05) is 18.2 Å². The summed E-state index contributed by atoms with van der Waals surface area (Å²) in [7, 11) is 2.97. The fourth-order valence-corrected chi connectivity index (χ4v) is 3.59. The summed E-state index contributed by atoms with van der Waals surface area (Å²) in [6, 6.07) is 19.4. The molecule has 3 aromatic carbocycles. The number of methoxy groups -OCH3 is 2. The zero-order valence-corrected chi connectivity index (χ0v) is 21.2. The van der Waals surface area contributed by atoms with Gasteiger partial charge >= 0.3 is 0 Å². The molecule has 0 aliphatic heterocycles. The van der Waals surface area contributed by atoms with Crippen LogP contribution in [0.5, 0.6) is 17.2 Å². The molecule has 0 aliphatic rings. The molecule has 2 amide bonds. The van der Waals surface area contributed by atoms with E-state index in [1.807, 2.05) is 12.1 Å². The summed E-state index contributed by atoms with van der Waals surface area (Å²) in [6.07, 6.45) is 1.47. The van der Waals surface area contributed by atoms with E-state index in [9.17, 15) is 14.9 Å². The van der Waals surface area contributed by atoms with E-state index in [2.05, 4.69) is 37.8 Å². The maximum absolute atomic E-state index is 12.3. The van der Waals surface area contributed by atoms with Crippen LogP contribution in [0, 0.1) is 11.3 Å². The minimum atomic E-state index is -0.491. The van der Waals surface area contributed by atoms with Crippen molar-refractivity contribution >= 4 is 34.0 Å². The van der Waals surface area contributed by atoms with Crippen LogP contribution < -0.4 is 25.0 Å². The molecule has 0 aromatic heterocycles. The average Bonchev–Trinajstić information content (AvgIpc) is 2.90. The first-order chi connectivity index (χ1) is 17.4. The van der Waals surface area contributed by atoms with Crippen LogP contribution in [0.15, 0.2) is 70.2 Å². The molecule has 3 rings (SSSR count). The molecule has 0 bridgehead atoms. The molecular formula is C26H23BrN4O5. The maximum Gasteiger partial charge on any atom is 0.259 e. The number of halogens is 1. The van der Waals surface area contributed by atoms with E-state index in [0.29, 0.717) is 38.4 Å². The van der Waals surface area contributed by atoms with Crippen molar-refractivity contribution in [1.29, 1.82) is 5.26 Å². The topological polar surface area (TPSA) is 122 Å². The Labute approximate surface area is 216 Å². The van der Waals surface area contributed by atoms with Gasteiger partial charge in [-0.3, -0.25) is 9.59 Å². The Hall–Kier alpha value is -4.36. The van der Waals surface area contributed by atoms with Gasteiger partial charge in [0.2, 0.25) is 0 Å². The molecule has 0 atom stereocenters. The predicted octanol–water partition coefficient (Wildman–Crippen LogP) is 3.80. The van der Waals surface area contributed by atoms with Gasteiger partial charge < -0.3 is 19.5 Å². The quantitative estimate of drug-likeness (QED) is 0.292. The predicted molar refractivity (Wildman–Crippen MR) is 137 cm³/mol. The third kappa shape index (κ3) is 7.07. The smallest absolute Gasteiger partial charge is 0.259 e. The summed E-state index contributed by atoms with van der Waals surface area (Å²) in [6.45, 7) is -0.00792. The molecule has 0 saturated heterocycles. The molecule has 0 unspecified atom stereocenters. The van der Waals surface area contributed by atoms with Crippen molar-refractivity contribution in [1.82, 2.24) is 10.7 Å². The molecule has 0 fully saturated rings. The van der Waals surface area contributed by atoms with E-state index < -0.39 is 11.8 Å². The van der Waals surface area contributed by atoms with Gasteiger partial charge in [-0.15, -0.1) is 0 Å². The van der Waals surface area contributed by atoms with Gasteiger partial charge in [0.25, 0.3) is 11.8 Å². The minimum Gasteiger partial charge on any atom is -0.493 e. The van der Waals surface area contributed by atoms with Crippen molar-refractivity contribution in [2.75, 3.05) is 20.8 Å². The number of nitriles is 1. The number of hydrogen-bond donors (Lipinski definition) is 2. The van der Waals surface area contributed by atoms with E-state index in [4.69, 9.17) is 14.2 Å². The van der Waals surface area contributed by atoms with E-state index in [1.54, 1.807) is 42.5 Å². The van der Waals surface area contributed by atoms with Gasteiger partial charge in [-0.05, 0) is 64.0 Å². The number of ether oxygens (including phenoxy) is 3. The van der Waals surface area contributed by atoms with E-state index in [-0.39, 0.29) is 13.2 Å². The molecule has 36 heavy (non-hydrogen) atoms. The molecule has 3 aromatic rings. The Morgan fingerprint density at radius 1 is 1.03 bits per heavy atom. The Balaban J connectivity index is 1.49. The second-order valence-corrected chi connectivity index (χ2v) is 8.15. The van der Waals surface area contributed by atoms with Gasteiger partial charge in [-0.25, -0.2) is 5.43 Å². The molecule has 0 heterocycles. The number of carbonyl (C=O) groups excluding carboxylic acids is 2. The zero-order valence-electron chi connectivity index (χ0n) is 19.6. The number of amides is 2. The number of carbonyl (C=O) groups is 2. The van der Waals surface area contributed by atoms with Crippen LogP contribution in [0.2, 0.25) is 0 Å². The van der Waals surface area contributed by atoms with Crippen LogP contribution in [-0.4, -0.2) is 38.8 Å². The zero-order chi connectivity index (χ0) is 25.9. The lowest BCUT2D eigenvalue weighted by Crippen LogP contribution is -2.34. The van der Waals surface area contributed by atoms with E-state index in [1.165, 1.54) is 26.5 Å². The van der Waals surface area contributed by atoms with Crippen LogP contribution >= 0.6 is 15.9 Å². The second-order valence-electron chi connectivity index (χ2n) is 7.29. The normalized spacial score (nSPS) is 10.4. The molecule has 9 nitrogen and oxygen atoms in total. The standard InChI is InChI=1S/C26H23BrN4O5/c1-34-23-10-8-18(12-24(23)35-2)26(33)29-15-25(32)31-30-14-17-7-9-22(21(27)11-17)36-16-20-6-4-3-5-19(20)13-28/h3-12,14H,15-16H2,1-2H3,(H,29,33)(H,31,32)/b30-14+. The third-order valence-electron chi connectivity index (χ3n) is 4.94. The van der Waals surface area contributed by atoms with E-state index >= 15 is 0 Å². The van der Waals surface area contributed by atoms with Crippen molar-refractivity contribution in [2.45, 2.75) is 6.61 Å². The molecular weight excluding hydrogens is 528 g/mol. The van der Waals surface area contributed by atoms with Crippen LogP contribution in [0.1, 0.15) is 27.0 Å². The SMILES string of the molecule is COc1ccc(C(=O)NCC(=O)N/N=C/c2ccc(OCc3ccccc3C#N)c(Br)c2)cc1OC. The van der Waals surface area contributed by atoms with Crippen molar-refractivity contribution < 1.29 is 23.8 Å². The van der Waals surface area contributed by atoms with Crippen LogP contribution in [0.25, 0.3) is 0 Å². The summed E-state index contributed by atoms with van der Waals surface area (Å²) >= 11 is 3.46. The molecule has 0 saturated carbocycles. The first kappa shape index (κ1) is 26.2. The highest BCUT2D eigenvalue weighted by atomic mass is 79.9. The highest BCUT2D eigenvalue weighted by Gasteiger charge is 2.12. The second kappa shape index (κ2) is 12.9. The molecule has 184 valence electrons. The van der Waals surface area contributed by atoms with Crippen molar-refractivity contribution in [2.24, 2.45) is 5.10 Å². The van der Waals surface area contributed by atoms with Crippen molar-refractivity contribution in [3.05, 3.63) is 87.4 Å². The molecule has 0 radical (unpaired) electrons. The highest BCUT2D eigenvalue weighted by Crippen LogP contribution is 2.28. The fraction of sp³-hybridized carbons (Fsp3) is 0.154. The molecule has 0 spiro atoms. The summed E-state index contributed by atoms with van der Waals surface area (Å²) < 4.78 is 16.8. The summed E-state index contributed by atoms with van der Waals surface area (Å²) in [5, 5.41) is 15.6. The average molecular weight is 551 g/mol. The molecule has 0 aliphatic carbocycles. The largest absolute Gasteiger partial charge is 0.493 e. The lowest BCUT2D eigenvalue weighted by Gasteiger charge is -2.10. The van der Waals surface area contributed by atoms with Gasteiger partial charge in [0.05, 0.1) is 43.1 Å². The molecule has 2 N–H and O–H groups in total. The molecule has 10 heteroatoms. The third-order valence-corrected chi connectivity index (χ3v) is 5.55. The highest BCUT2D eigenvalue weighted by molar-refractivity contribution is 9.10. The first-order valence-corrected chi connectivity index (χ1v) is 11.5. The van der Waals surface area contributed by atoms with Gasteiger partial charge in [0.15, 0.2) is 11.5 Å². The van der Waals surface area contributed by atoms with E-state index in [0.717, 1.165) is 5.56 Å². The lowest BCUT2D eigenvalue weighted by atomic mass is 10.1. The van der Waals surface area contributed by atoms with Crippen molar-refractivity contribution in [3.63, 3.8) is 0 Å². The van der Waals surface area contributed by atoms with Gasteiger partial charge in [0.1, 0.15) is 12.4 Å². The summed E-state index contributed by atoms with van der Waals surface area (Å²) in [5.74, 6) is 0.578. The summed E-state index contributed by atoms with van der Waals surface area (Å²) in [4.78, 5) is 24.4. The Morgan fingerprint density at radius 2 is 1.78 bits per heavy atom. The van der Waals surface area contributed by atoms with Crippen LogP contribution in [-0.2, 0) is 11.4 Å². The number of benzene rings is 3. The fourth-order valence-electron chi connectivity index (χ4n) is 3.08. The minimum absolute atomic E-state index is 0.251. The van der Waals surface area contributed by atoms with Crippen LogP contribution in [0.3, 0.4) is 0 Å².